The Kier molecular flexibility index (Phi) is 4.69. The van der Waals surface area contributed by atoms with Crippen molar-refractivity contribution >= 4 is 23.2 Å². The van der Waals surface area contributed by atoms with Gasteiger partial charge in [-0.3, -0.25) is 14.4 Å². The van der Waals surface area contributed by atoms with Crippen molar-refractivity contribution in [2.24, 2.45) is 11.8 Å². The van der Waals surface area contributed by atoms with Crippen LogP contribution in [0.2, 0.25) is 0 Å². The van der Waals surface area contributed by atoms with Crippen LogP contribution in [0.1, 0.15) is 23.1 Å². The van der Waals surface area contributed by atoms with Gasteiger partial charge < -0.3 is 24.3 Å². The number of carbonyl (C=O) groups is 3. The molecule has 172 valence electrons. The van der Waals surface area contributed by atoms with Gasteiger partial charge >= 0.3 is 5.97 Å². The maximum atomic E-state index is 13.1. The number of esters is 1. The first kappa shape index (κ1) is 20.5. The predicted octanol–water partition coefficient (Wildman–Crippen LogP) is 3.06. The van der Waals surface area contributed by atoms with Crippen LogP contribution in [0.5, 0.6) is 11.5 Å². The van der Waals surface area contributed by atoms with E-state index < -0.39 is 23.4 Å². The first-order chi connectivity index (χ1) is 16.5. The Morgan fingerprint density at radius 3 is 2.41 bits per heavy atom. The number of ketones is 2. The van der Waals surface area contributed by atoms with E-state index in [1.807, 2.05) is 42.5 Å². The minimum atomic E-state index is -0.706. The minimum Gasteiger partial charge on any atom is -0.492 e. The van der Waals surface area contributed by atoms with Crippen molar-refractivity contribution in [3.8, 4) is 11.5 Å². The minimum absolute atomic E-state index is 0.0442. The molecule has 8 nitrogen and oxygen atoms in total. The highest BCUT2D eigenvalue weighted by Crippen LogP contribution is 2.55. The summed E-state index contributed by atoms with van der Waals surface area (Å²) in [6, 6.07) is 13.3. The van der Waals surface area contributed by atoms with Crippen molar-refractivity contribution in [3.05, 3.63) is 77.1 Å². The molecule has 2 aliphatic carbocycles. The van der Waals surface area contributed by atoms with Crippen LogP contribution in [-0.2, 0) is 23.9 Å². The monoisotopic (exact) mass is 459 g/mol. The number of allylic oxidation sites excluding steroid dienone is 4. The van der Waals surface area contributed by atoms with Crippen molar-refractivity contribution in [2.45, 2.75) is 12.0 Å². The molecule has 2 aliphatic heterocycles. The molecule has 8 heteroatoms. The summed E-state index contributed by atoms with van der Waals surface area (Å²) >= 11 is 0. The molecule has 4 aliphatic rings. The number of hydrogen-bond acceptors (Lipinski definition) is 8. The molecular weight excluding hydrogens is 438 g/mol. The number of benzene rings is 2. The molecule has 2 aromatic rings. The van der Waals surface area contributed by atoms with Gasteiger partial charge in [0.25, 0.3) is 5.78 Å². The molecule has 0 amide bonds. The molecule has 0 saturated carbocycles. The molecule has 4 atom stereocenters. The van der Waals surface area contributed by atoms with Gasteiger partial charge in [0.2, 0.25) is 12.6 Å². The largest absolute Gasteiger partial charge is 0.492 e. The zero-order valence-electron chi connectivity index (χ0n) is 18.3. The lowest BCUT2D eigenvalue weighted by atomic mass is 9.64. The molecule has 0 unspecified atom stereocenters. The number of anilines is 1. The fourth-order valence-corrected chi connectivity index (χ4v) is 5.39. The number of ether oxygens (including phenoxy) is 4. The smallest absolute Gasteiger partial charge is 0.310 e. The summed E-state index contributed by atoms with van der Waals surface area (Å²) in [6.45, 7) is 0.345. The van der Waals surface area contributed by atoms with E-state index in [1.54, 1.807) is 6.08 Å². The summed E-state index contributed by atoms with van der Waals surface area (Å²) < 4.78 is 22.0. The summed E-state index contributed by atoms with van der Waals surface area (Å²) in [6.07, 6.45) is 2.86. The Bertz CT molecular complexity index is 1280. The van der Waals surface area contributed by atoms with Crippen molar-refractivity contribution in [3.63, 3.8) is 0 Å². The third kappa shape index (κ3) is 3.09. The van der Waals surface area contributed by atoms with Crippen LogP contribution in [0.4, 0.5) is 5.69 Å². The maximum Gasteiger partial charge on any atom is 0.310 e. The molecule has 2 heterocycles. The van der Waals surface area contributed by atoms with Crippen molar-refractivity contribution < 1.29 is 33.3 Å². The lowest BCUT2D eigenvalue weighted by Gasteiger charge is -2.40. The summed E-state index contributed by atoms with van der Waals surface area (Å²) in [4.78, 5) is 37.7. The number of Topliss-reactive ketones (excluding diaryl/α,β-unsaturated/α-hetero) is 1. The lowest BCUT2D eigenvalue weighted by molar-refractivity contribution is -0.141. The molecule has 1 fully saturated rings. The average molecular weight is 459 g/mol. The number of nitrogens with one attached hydrogen (secondary N) is 1. The number of para-hydroxylation sites is 1. The topological polar surface area (TPSA) is 100 Å². The summed E-state index contributed by atoms with van der Waals surface area (Å²) in [5, 5.41) is 3.57. The zero-order chi connectivity index (χ0) is 23.4. The Morgan fingerprint density at radius 1 is 0.941 bits per heavy atom. The standard InChI is InChI=1S/C26H21NO7/c1-31-21-8-13(7-18(28)25(21)29)22-15-9-19-20(34-12-33-19)10-16(15)24(17-11-32-26(30)23(17)22)27-14-5-3-2-4-6-14/h2-10,17,22-24,27H,11-12H2,1H3/t17-,22+,23-,24+/m0/s1. The highest BCUT2D eigenvalue weighted by molar-refractivity contribution is 6.47. The molecule has 0 aromatic heterocycles. The van der Waals surface area contributed by atoms with Gasteiger partial charge in [0.1, 0.15) is 0 Å². The third-order valence-electron chi connectivity index (χ3n) is 6.91. The Morgan fingerprint density at radius 2 is 1.68 bits per heavy atom. The Hall–Kier alpha value is -4.07. The molecule has 34 heavy (non-hydrogen) atoms. The van der Waals surface area contributed by atoms with Gasteiger partial charge in [-0.15, -0.1) is 0 Å². The van der Waals surface area contributed by atoms with Crippen LogP contribution in [-0.4, -0.2) is 38.0 Å². The molecular formula is C26H21NO7. The second-order valence-corrected chi connectivity index (χ2v) is 8.67. The van der Waals surface area contributed by atoms with Crippen LogP contribution in [0, 0.1) is 11.8 Å². The maximum absolute atomic E-state index is 13.1. The third-order valence-corrected chi connectivity index (χ3v) is 6.91. The molecule has 0 bridgehead atoms. The molecule has 6 rings (SSSR count). The van der Waals surface area contributed by atoms with Crippen LogP contribution in [0.3, 0.4) is 0 Å². The average Bonchev–Trinajstić information content (AvgIpc) is 3.47. The number of methoxy groups -OCH3 is 1. The highest BCUT2D eigenvalue weighted by atomic mass is 16.7. The SMILES string of the molecule is COC1=CC([C@@H]2c3cc4c(cc3[C@@H](Nc3ccccc3)[C@H]3COC(=O)[C@@H]32)OCO4)=CC(=O)C1=O. The second kappa shape index (κ2) is 7.76. The molecule has 0 radical (unpaired) electrons. The number of cyclic esters (lactones) is 1. The van der Waals surface area contributed by atoms with Crippen molar-refractivity contribution in [2.75, 3.05) is 25.8 Å². The van der Waals surface area contributed by atoms with Gasteiger partial charge in [-0.1, -0.05) is 18.2 Å². The van der Waals surface area contributed by atoms with E-state index in [1.165, 1.54) is 13.2 Å². The summed E-state index contributed by atoms with van der Waals surface area (Å²) in [5.41, 5.74) is 3.19. The van der Waals surface area contributed by atoms with E-state index in [4.69, 9.17) is 18.9 Å². The van der Waals surface area contributed by atoms with E-state index in [0.29, 0.717) is 17.1 Å². The second-order valence-electron chi connectivity index (χ2n) is 8.67. The first-order valence-electron chi connectivity index (χ1n) is 11.0. The summed E-state index contributed by atoms with van der Waals surface area (Å²) in [5.74, 6) is -1.85. The van der Waals surface area contributed by atoms with Gasteiger partial charge in [-0.2, -0.15) is 0 Å². The molecule has 2 aromatic carbocycles. The normalized spacial score (nSPS) is 26.8. The Balaban J connectivity index is 1.54. The van der Waals surface area contributed by atoms with Crippen LogP contribution >= 0.6 is 0 Å². The fraction of sp³-hybridized carbons (Fsp3) is 0.269. The van der Waals surface area contributed by atoms with Gasteiger partial charge in [-0.25, -0.2) is 0 Å². The number of carbonyl (C=O) groups excluding carboxylic acids is 3. The Labute approximate surface area is 195 Å². The van der Waals surface area contributed by atoms with Crippen LogP contribution in [0.15, 0.2) is 65.9 Å². The van der Waals surface area contributed by atoms with E-state index in [9.17, 15) is 14.4 Å². The van der Waals surface area contributed by atoms with E-state index >= 15 is 0 Å². The van der Waals surface area contributed by atoms with E-state index in [2.05, 4.69) is 5.32 Å². The quantitative estimate of drug-likeness (QED) is 0.423. The molecule has 1 saturated heterocycles. The number of fused-ring (bicyclic) bond motifs is 3. The van der Waals surface area contributed by atoms with Gasteiger partial charge in [0.15, 0.2) is 17.3 Å². The van der Waals surface area contributed by atoms with Crippen LogP contribution < -0.4 is 14.8 Å². The first-order valence-corrected chi connectivity index (χ1v) is 11.0. The highest BCUT2D eigenvalue weighted by Gasteiger charge is 2.53. The number of hydrogen-bond donors (Lipinski definition) is 1. The summed E-state index contributed by atoms with van der Waals surface area (Å²) in [7, 11) is 1.35. The van der Waals surface area contributed by atoms with E-state index in [0.717, 1.165) is 16.8 Å². The molecule has 0 spiro atoms. The zero-order valence-corrected chi connectivity index (χ0v) is 18.3. The van der Waals surface area contributed by atoms with Crippen molar-refractivity contribution in [1.82, 2.24) is 0 Å². The van der Waals surface area contributed by atoms with Gasteiger partial charge in [0.05, 0.1) is 25.7 Å². The lowest BCUT2D eigenvalue weighted by Crippen LogP contribution is -2.38. The van der Waals surface area contributed by atoms with Gasteiger partial charge in [0, 0.05) is 17.5 Å². The predicted molar refractivity (Wildman–Crippen MR) is 119 cm³/mol. The van der Waals surface area contributed by atoms with E-state index in [-0.39, 0.29) is 37.1 Å². The van der Waals surface area contributed by atoms with Gasteiger partial charge in [-0.05, 0) is 53.1 Å². The fourth-order valence-electron chi connectivity index (χ4n) is 5.39. The van der Waals surface area contributed by atoms with Crippen LogP contribution in [0.25, 0.3) is 0 Å². The van der Waals surface area contributed by atoms with Crippen molar-refractivity contribution in [1.29, 1.82) is 0 Å². The number of rotatable bonds is 4. The molecule has 1 N–H and O–H groups in total.